The molecule has 0 aliphatic carbocycles. The Bertz CT molecular complexity index is 839. The molecule has 5 nitrogen and oxygen atoms in total. The zero-order chi connectivity index (χ0) is 19.2. The largest absolute Gasteiger partial charge is 0.393 e. The summed E-state index contributed by atoms with van der Waals surface area (Å²) in [5.74, 6) is -1.41. The molecule has 0 saturated carbocycles. The second-order valence-corrected chi connectivity index (χ2v) is 7.92. The number of hydrogen-bond donors (Lipinski definition) is 3. The van der Waals surface area contributed by atoms with Gasteiger partial charge >= 0.3 is 0 Å². The molecule has 4 rings (SSSR count). The van der Waals surface area contributed by atoms with Crippen molar-refractivity contribution in [1.29, 1.82) is 0 Å². The van der Waals surface area contributed by atoms with Gasteiger partial charge in [-0.1, -0.05) is 47.5 Å². The zero-order valence-corrected chi connectivity index (χ0v) is 15.8. The third kappa shape index (κ3) is 3.09. The van der Waals surface area contributed by atoms with E-state index in [1.165, 1.54) is 5.56 Å². The lowest BCUT2D eigenvalue weighted by molar-refractivity contribution is -0.300. The highest BCUT2D eigenvalue weighted by Crippen LogP contribution is 2.49. The van der Waals surface area contributed by atoms with Crippen LogP contribution in [0.25, 0.3) is 0 Å². The Morgan fingerprint density at radius 1 is 1.11 bits per heavy atom. The first kappa shape index (κ1) is 18.9. The fourth-order valence-electron chi connectivity index (χ4n) is 3.87. The minimum Gasteiger partial charge on any atom is -0.393 e. The monoisotopic (exact) mass is 390 g/mol. The number of fused-ring (bicyclic) bond motifs is 2. The molecule has 2 heterocycles. The average Bonchev–Trinajstić information content (AvgIpc) is 3.03. The quantitative estimate of drug-likeness (QED) is 0.746. The van der Waals surface area contributed by atoms with Crippen molar-refractivity contribution in [1.82, 2.24) is 0 Å². The lowest BCUT2D eigenvalue weighted by Gasteiger charge is -2.43. The number of ether oxygens (including phenoxy) is 2. The topological polar surface area (TPSA) is 79.2 Å². The van der Waals surface area contributed by atoms with Gasteiger partial charge in [0.15, 0.2) is 0 Å². The van der Waals surface area contributed by atoms with Gasteiger partial charge in [-0.15, -0.1) is 0 Å². The van der Waals surface area contributed by atoms with Crippen LogP contribution in [0.1, 0.15) is 28.7 Å². The van der Waals surface area contributed by atoms with Crippen molar-refractivity contribution in [3.05, 3.63) is 69.7 Å². The summed E-state index contributed by atoms with van der Waals surface area (Å²) >= 11 is 6.41. The van der Waals surface area contributed by atoms with Crippen LogP contribution >= 0.6 is 11.6 Å². The molecular formula is C21H23ClO5. The summed E-state index contributed by atoms with van der Waals surface area (Å²) in [6.45, 7) is 1.67. The first-order valence-corrected chi connectivity index (χ1v) is 9.42. The van der Waals surface area contributed by atoms with Crippen molar-refractivity contribution in [2.24, 2.45) is 0 Å². The van der Waals surface area contributed by atoms with Gasteiger partial charge in [0.1, 0.15) is 11.7 Å². The normalized spacial score (nSPS) is 32.6. The van der Waals surface area contributed by atoms with Crippen molar-refractivity contribution in [2.75, 3.05) is 13.2 Å². The molecule has 0 radical (unpaired) electrons. The third-order valence-corrected chi connectivity index (χ3v) is 5.98. The number of benzene rings is 2. The number of hydrogen-bond acceptors (Lipinski definition) is 5. The minimum atomic E-state index is -1.41. The summed E-state index contributed by atoms with van der Waals surface area (Å²) in [5.41, 5.74) is 2.61. The molecule has 2 saturated heterocycles. The molecule has 0 spiro atoms. The van der Waals surface area contributed by atoms with E-state index in [9.17, 15) is 15.3 Å². The Hall–Kier alpha value is -1.47. The molecule has 2 aromatic carbocycles. The lowest BCUT2D eigenvalue weighted by atomic mass is 9.86. The molecule has 27 heavy (non-hydrogen) atoms. The standard InChI is InChI=1S/C21H23ClO5/c1-13-2-4-14(5-3-13)8-15-9-16(6-7-17(15)22)21-19(25)10-18(24)20(11-23,27-21)12-26-21/h2-7,9,18-19,23-25H,8,10-12H2,1H3/t18-,19+,20-,21-/m0/s1. The highest BCUT2D eigenvalue weighted by molar-refractivity contribution is 6.31. The first-order chi connectivity index (χ1) is 12.9. The van der Waals surface area contributed by atoms with E-state index >= 15 is 0 Å². The molecular weight excluding hydrogens is 368 g/mol. The summed E-state index contributed by atoms with van der Waals surface area (Å²) in [6.07, 6.45) is -1.35. The molecule has 4 atom stereocenters. The van der Waals surface area contributed by atoms with E-state index in [1.807, 2.05) is 13.0 Å². The van der Waals surface area contributed by atoms with Crippen molar-refractivity contribution in [2.45, 2.75) is 43.4 Å². The predicted octanol–water partition coefficient (Wildman–Crippen LogP) is 2.30. The Morgan fingerprint density at radius 2 is 1.85 bits per heavy atom. The van der Waals surface area contributed by atoms with Gasteiger partial charge in [0.05, 0.1) is 19.3 Å². The molecule has 0 aromatic heterocycles. The molecule has 144 valence electrons. The van der Waals surface area contributed by atoms with Crippen LogP contribution in [0.3, 0.4) is 0 Å². The van der Waals surface area contributed by atoms with E-state index in [2.05, 4.69) is 24.3 Å². The molecule has 3 N–H and O–H groups in total. The number of aryl methyl sites for hydroxylation is 1. The Labute approximate surface area is 163 Å². The van der Waals surface area contributed by atoms with E-state index in [1.54, 1.807) is 12.1 Å². The maximum absolute atomic E-state index is 10.6. The van der Waals surface area contributed by atoms with Crippen LogP contribution < -0.4 is 0 Å². The first-order valence-electron chi connectivity index (χ1n) is 9.04. The smallest absolute Gasteiger partial charge is 0.222 e. The van der Waals surface area contributed by atoms with Crippen molar-refractivity contribution >= 4 is 11.6 Å². The van der Waals surface area contributed by atoms with Crippen molar-refractivity contribution in [3.8, 4) is 0 Å². The van der Waals surface area contributed by atoms with E-state index in [0.717, 1.165) is 11.1 Å². The summed E-state index contributed by atoms with van der Waals surface area (Å²) in [7, 11) is 0. The number of halogens is 1. The van der Waals surface area contributed by atoms with Gasteiger partial charge in [0.25, 0.3) is 0 Å². The number of rotatable bonds is 4. The van der Waals surface area contributed by atoms with Crippen molar-refractivity contribution < 1.29 is 24.8 Å². The molecule has 0 unspecified atom stereocenters. The molecule has 2 aliphatic rings. The summed E-state index contributed by atoms with van der Waals surface area (Å²) < 4.78 is 11.8. The van der Waals surface area contributed by atoms with Gasteiger partial charge in [-0.3, -0.25) is 0 Å². The third-order valence-electron chi connectivity index (χ3n) is 5.61. The van der Waals surface area contributed by atoms with E-state index < -0.39 is 23.6 Å². The minimum absolute atomic E-state index is 0.0116. The summed E-state index contributed by atoms with van der Waals surface area (Å²) in [4.78, 5) is 0. The fraction of sp³-hybridized carbons (Fsp3) is 0.429. The molecule has 2 aliphatic heterocycles. The van der Waals surface area contributed by atoms with Gasteiger partial charge in [-0.2, -0.15) is 0 Å². The highest BCUT2D eigenvalue weighted by Gasteiger charge is 2.63. The van der Waals surface area contributed by atoms with Gasteiger partial charge in [0.2, 0.25) is 5.79 Å². The average molecular weight is 391 g/mol. The predicted molar refractivity (Wildman–Crippen MR) is 101 cm³/mol. The fourth-order valence-corrected chi connectivity index (χ4v) is 4.06. The van der Waals surface area contributed by atoms with Gasteiger partial charge in [-0.25, -0.2) is 0 Å². The lowest BCUT2D eigenvalue weighted by Crippen LogP contribution is -2.57. The van der Waals surface area contributed by atoms with Crippen LogP contribution in [0, 0.1) is 6.92 Å². The summed E-state index contributed by atoms with van der Waals surface area (Å²) in [5, 5.41) is 31.2. The molecule has 2 bridgehead atoms. The Morgan fingerprint density at radius 3 is 2.56 bits per heavy atom. The Kier molecular flexibility index (Phi) is 4.79. The van der Waals surface area contributed by atoms with E-state index in [-0.39, 0.29) is 19.6 Å². The van der Waals surface area contributed by atoms with E-state index in [0.29, 0.717) is 17.0 Å². The maximum atomic E-state index is 10.6. The molecule has 2 aromatic rings. The molecule has 0 amide bonds. The zero-order valence-electron chi connectivity index (χ0n) is 15.1. The SMILES string of the molecule is Cc1ccc(Cc2cc([C@]34OC[C@](CO)(O3)[C@@H](O)C[C@H]4O)ccc2Cl)cc1. The second-order valence-electron chi connectivity index (χ2n) is 7.52. The summed E-state index contributed by atoms with van der Waals surface area (Å²) in [6, 6.07) is 13.6. The van der Waals surface area contributed by atoms with Crippen LogP contribution in [0.5, 0.6) is 0 Å². The maximum Gasteiger partial charge on any atom is 0.222 e. The van der Waals surface area contributed by atoms with Crippen LogP contribution in [0.2, 0.25) is 5.02 Å². The van der Waals surface area contributed by atoms with Crippen LogP contribution in [-0.2, 0) is 21.7 Å². The molecule has 6 heteroatoms. The number of aliphatic hydroxyl groups is 3. The van der Waals surface area contributed by atoms with Gasteiger partial charge in [-0.05, 0) is 36.6 Å². The van der Waals surface area contributed by atoms with Crippen molar-refractivity contribution in [3.63, 3.8) is 0 Å². The van der Waals surface area contributed by atoms with E-state index in [4.69, 9.17) is 21.1 Å². The van der Waals surface area contributed by atoms with Crippen LogP contribution in [0.4, 0.5) is 0 Å². The van der Waals surface area contributed by atoms with Gasteiger partial charge in [0, 0.05) is 17.0 Å². The molecule has 2 fully saturated rings. The van der Waals surface area contributed by atoms with Crippen LogP contribution in [-0.4, -0.2) is 46.3 Å². The number of aliphatic hydroxyl groups excluding tert-OH is 3. The second kappa shape index (κ2) is 6.85. The van der Waals surface area contributed by atoms with Gasteiger partial charge < -0.3 is 24.8 Å². The highest BCUT2D eigenvalue weighted by atomic mass is 35.5. The van der Waals surface area contributed by atoms with Crippen LogP contribution in [0.15, 0.2) is 42.5 Å². The Balaban J connectivity index is 1.69.